The molecule has 0 heterocycles. The zero-order valence-electron chi connectivity index (χ0n) is 41.5. The quantitative estimate of drug-likeness (QED) is 0.0203. The van der Waals surface area contributed by atoms with Crippen LogP contribution in [-0.2, 0) is 47.9 Å². The van der Waals surface area contributed by atoms with Gasteiger partial charge in [-0.05, 0) is 68.6 Å². The molecule has 9 atom stereocenters. The Morgan fingerprint density at radius 1 is 0.515 bits per heavy atom. The van der Waals surface area contributed by atoms with Gasteiger partial charge in [0.15, 0.2) is 5.96 Å². The second-order valence-electron chi connectivity index (χ2n) is 18.7. The summed E-state index contributed by atoms with van der Waals surface area (Å²) in [5.41, 5.74) is 16.4. The van der Waals surface area contributed by atoms with Crippen molar-refractivity contribution in [1.82, 2.24) is 42.5 Å². The number of carboxylic acid groups (broad SMARTS) is 2. The van der Waals surface area contributed by atoms with E-state index in [0.717, 1.165) is 0 Å². The van der Waals surface area contributed by atoms with E-state index < -0.39 is 120 Å². The van der Waals surface area contributed by atoms with Gasteiger partial charge < -0.3 is 69.9 Å². The fourth-order valence-electron chi connectivity index (χ4n) is 6.72. The molecule has 0 aliphatic carbocycles. The van der Waals surface area contributed by atoms with Gasteiger partial charge >= 0.3 is 11.9 Å². The van der Waals surface area contributed by atoms with E-state index >= 15 is 0 Å². The van der Waals surface area contributed by atoms with E-state index in [9.17, 15) is 58.2 Å². The Hall–Kier alpha value is -6.07. The number of hydrogen-bond donors (Lipinski definition) is 13. The summed E-state index contributed by atoms with van der Waals surface area (Å²) < 4.78 is 0. The maximum Gasteiger partial charge on any atom is 0.326 e. The standard InChI is InChI=1S/C44H80N12O12/c1-12-25(10)35(55-32(57)20-45)42(66)54-30(18-23(6)7)40(64)52-28(16-21(2)3)38(62)49-26(11)36(60)50-27(14-13-15-48-44(46)47)37(61)51-29(17-22(4)5)39(63)53-31(19-33(58)59)41(65)56-34(24(8)9)43(67)68/h21-31,34-35H,12-20,45H2,1-11H3,(H,49,62)(H,50,60)(H,51,61)(H,52,64)(H,53,63)(H,54,66)(H,55,57)(H,56,65)(H,58,59)(H,67,68)(H4,46,47,48)/t25-,26-,27-,28-,29-,30-,31-,34-,35-/m0/s1. The summed E-state index contributed by atoms with van der Waals surface area (Å²) in [6.07, 6.45) is -0.0291. The molecule has 24 nitrogen and oxygen atoms in total. The minimum absolute atomic E-state index is 0.0161. The molecular formula is C44H80N12O12. The molecule has 0 aliphatic heterocycles. The smallest absolute Gasteiger partial charge is 0.326 e. The topological polar surface area (TPSA) is 398 Å². The maximum atomic E-state index is 14.0. The third-order valence-electron chi connectivity index (χ3n) is 10.6. The first-order valence-electron chi connectivity index (χ1n) is 23.2. The van der Waals surface area contributed by atoms with Crippen LogP contribution in [0.1, 0.15) is 121 Å². The number of rotatable bonds is 32. The molecule has 8 amide bonds. The molecule has 24 heteroatoms. The van der Waals surface area contributed by atoms with E-state index in [1.807, 2.05) is 34.6 Å². The first kappa shape index (κ1) is 61.9. The Labute approximate surface area is 399 Å². The summed E-state index contributed by atoms with van der Waals surface area (Å²) in [6, 6.07) is -10.5. The van der Waals surface area contributed by atoms with Crippen LogP contribution in [0.25, 0.3) is 0 Å². The van der Waals surface area contributed by atoms with Gasteiger partial charge in [0.25, 0.3) is 0 Å². The van der Waals surface area contributed by atoms with Crippen LogP contribution in [0.4, 0.5) is 0 Å². The second kappa shape index (κ2) is 31.1. The van der Waals surface area contributed by atoms with Gasteiger partial charge in [-0.3, -0.25) is 48.1 Å². The molecule has 0 spiro atoms. The highest BCUT2D eigenvalue weighted by Crippen LogP contribution is 2.14. The van der Waals surface area contributed by atoms with Crippen molar-refractivity contribution in [2.24, 2.45) is 51.8 Å². The molecule has 0 radical (unpaired) electrons. The fourth-order valence-corrected chi connectivity index (χ4v) is 6.72. The Kier molecular flexibility index (Phi) is 28.3. The Morgan fingerprint density at radius 2 is 0.926 bits per heavy atom. The third-order valence-corrected chi connectivity index (χ3v) is 10.6. The molecule has 388 valence electrons. The van der Waals surface area contributed by atoms with E-state index in [1.54, 1.807) is 20.8 Å². The lowest BCUT2D eigenvalue weighted by molar-refractivity contribution is -0.144. The van der Waals surface area contributed by atoms with Gasteiger partial charge in [-0.1, -0.05) is 75.7 Å². The van der Waals surface area contributed by atoms with Gasteiger partial charge in [-0.25, -0.2) is 4.79 Å². The highest BCUT2D eigenvalue weighted by atomic mass is 16.4. The van der Waals surface area contributed by atoms with E-state index in [1.165, 1.54) is 20.8 Å². The average Bonchev–Trinajstić information content (AvgIpc) is 3.22. The maximum absolute atomic E-state index is 14.0. The van der Waals surface area contributed by atoms with Crippen molar-refractivity contribution in [2.45, 2.75) is 169 Å². The molecule has 0 aromatic rings. The van der Waals surface area contributed by atoms with Gasteiger partial charge in [-0.2, -0.15) is 0 Å². The van der Waals surface area contributed by atoms with Crippen LogP contribution in [0.3, 0.4) is 0 Å². The first-order chi connectivity index (χ1) is 31.5. The van der Waals surface area contributed by atoms with Gasteiger partial charge in [0.1, 0.15) is 48.3 Å². The normalized spacial score (nSPS) is 15.2. The average molecular weight is 969 g/mol. The summed E-state index contributed by atoms with van der Waals surface area (Å²) >= 11 is 0. The van der Waals surface area contributed by atoms with Gasteiger partial charge in [0.05, 0.1) is 13.0 Å². The van der Waals surface area contributed by atoms with Gasteiger partial charge in [0, 0.05) is 6.54 Å². The van der Waals surface area contributed by atoms with Crippen LogP contribution in [0, 0.1) is 29.6 Å². The second-order valence-corrected chi connectivity index (χ2v) is 18.7. The van der Waals surface area contributed by atoms with Crippen molar-refractivity contribution in [3.05, 3.63) is 0 Å². The molecule has 16 N–H and O–H groups in total. The number of nitrogens with one attached hydrogen (secondary N) is 8. The number of nitrogens with zero attached hydrogens (tertiary/aromatic N) is 1. The summed E-state index contributed by atoms with van der Waals surface area (Å²) in [5, 5.41) is 39.4. The molecule has 0 unspecified atom stereocenters. The molecule has 0 bridgehead atoms. The van der Waals surface area contributed by atoms with Crippen LogP contribution < -0.4 is 59.7 Å². The highest BCUT2D eigenvalue weighted by Gasteiger charge is 2.36. The Balaban J connectivity index is 6.51. The number of guanidine groups is 1. The largest absolute Gasteiger partial charge is 0.481 e. The molecule has 0 saturated heterocycles. The lowest BCUT2D eigenvalue weighted by Crippen LogP contribution is -2.60. The number of carbonyl (C=O) groups excluding carboxylic acids is 8. The molecule has 0 aromatic heterocycles. The predicted octanol–water partition coefficient (Wildman–Crippen LogP) is -1.70. The summed E-state index contributed by atoms with van der Waals surface area (Å²) in [7, 11) is 0. The van der Waals surface area contributed by atoms with Crippen LogP contribution >= 0.6 is 0 Å². The minimum atomic E-state index is -1.73. The summed E-state index contributed by atoms with van der Waals surface area (Å²) in [4.78, 5) is 135. The first-order valence-corrected chi connectivity index (χ1v) is 23.2. The number of aliphatic imine (C=N–C) groups is 1. The summed E-state index contributed by atoms with van der Waals surface area (Å²) in [5.74, 6) is -10.8. The zero-order valence-corrected chi connectivity index (χ0v) is 41.5. The SMILES string of the molecule is CC[C@H](C)[C@H](NC(=O)CN)C(=O)N[C@@H](CC(C)C)C(=O)N[C@@H](CC(C)C)C(=O)N[C@@H](C)C(=O)N[C@@H](CCCN=C(N)N)C(=O)N[C@@H](CC(C)C)C(=O)N[C@@H](CC(=O)O)C(=O)N[C@H](C(=O)O)C(C)C. The van der Waals surface area contributed by atoms with Crippen LogP contribution in [0.2, 0.25) is 0 Å². The van der Waals surface area contributed by atoms with Crippen LogP contribution in [0.5, 0.6) is 0 Å². The molecule has 0 aromatic carbocycles. The van der Waals surface area contributed by atoms with Crippen molar-refractivity contribution in [1.29, 1.82) is 0 Å². The Bertz CT molecular complexity index is 1750. The van der Waals surface area contributed by atoms with Crippen LogP contribution in [-0.4, -0.2) is 137 Å². The molecular weight excluding hydrogens is 889 g/mol. The molecule has 68 heavy (non-hydrogen) atoms. The summed E-state index contributed by atoms with van der Waals surface area (Å²) in [6.45, 7) is 18.5. The van der Waals surface area contributed by atoms with Crippen molar-refractivity contribution in [2.75, 3.05) is 13.1 Å². The number of carboxylic acids is 2. The monoisotopic (exact) mass is 969 g/mol. The van der Waals surface area contributed by atoms with E-state index in [0.29, 0.717) is 6.42 Å². The fraction of sp³-hybridized carbons (Fsp3) is 0.750. The number of carbonyl (C=O) groups is 10. The lowest BCUT2D eigenvalue weighted by atomic mass is 9.96. The van der Waals surface area contributed by atoms with Gasteiger partial charge in [-0.15, -0.1) is 0 Å². The third kappa shape index (κ3) is 24.1. The van der Waals surface area contributed by atoms with E-state index in [-0.39, 0.29) is 74.8 Å². The van der Waals surface area contributed by atoms with Crippen molar-refractivity contribution in [3.63, 3.8) is 0 Å². The molecule has 0 rings (SSSR count). The molecule has 0 aliphatic rings. The minimum Gasteiger partial charge on any atom is -0.481 e. The van der Waals surface area contributed by atoms with Gasteiger partial charge in [0.2, 0.25) is 47.3 Å². The highest BCUT2D eigenvalue weighted by molar-refractivity contribution is 5.98. The number of hydrogen-bond acceptors (Lipinski definition) is 12. The van der Waals surface area contributed by atoms with E-state index in [4.69, 9.17) is 17.2 Å². The van der Waals surface area contributed by atoms with E-state index in [2.05, 4.69) is 47.5 Å². The molecule has 0 saturated carbocycles. The number of aliphatic carboxylic acids is 2. The Morgan fingerprint density at radius 3 is 1.32 bits per heavy atom. The lowest BCUT2D eigenvalue weighted by Gasteiger charge is -2.29. The molecule has 0 fully saturated rings. The number of nitrogens with two attached hydrogens (primary N) is 3. The zero-order chi connectivity index (χ0) is 52.6. The predicted molar refractivity (Wildman–Crippen MR) is 253 cm³/mol. The van der Waals surface area contributed by atoms with Crippen LogP contribution in [0.15, 0.2) is 4.99 Å². The van der Waals surface area contributed by atoms with Crippen molar-refractivity contribution < 1.29 is 58.2 Å². The van der Waals surface area contributed by atoms with Crippen molar-refractivity contribution >= 4 is 65.2 Å². The number of amides is 8. The van der Waals surface area contributed by atoms with Crippen molar-refractivity contribution in [3.8, 4) is 0 Å².